The van der Waals surface area contributed by atoms with Crippen LogP contribution in [0, 0.1) is 37.7 Å². The number of nitrogens with zero attached hydrogens (tertiary/aromatic N) is 2. The molecule has 0 atom stereocenters. The molecule has 0 unspecified atom stereocenters. The van der Waals surface area contributed by atoms with Gasteiger partial charge in [-0.05, 0) is 30.7 Å². The molecule has 2 rings (SSSR count). The van der Waals surface area contributed by atoms with Crippen molar-refractivity contribution in [2.45, 2.75) is 12.8 Å². The molecular weight excluding hydrogens is 597 g/mol. The van der Waals surface area contributed by atoms with Gasteiger partial charge in [-0.15, -0.1) is 6.61 Å². The third-order valence-electron chi connectivity index (χ3n) is 3.87. The quantitative estimate of drug-likeness (QED) is 0.328. The summed E-state index contributed by atoms with van der Waals surface area (Å²) in [5, 5.41) is 3.83. The van der Waals surface area contributed by atoms with E-state index in [-0.39, 0.29) is 61.5 Å². The van der Waals surface area contributed by atoms with Crippen LogP contribution in [-0.4, -0.2) is 55.7 Å². The Labute approximate surface area is 190 Å². The summed E-state index contributed by atoms with van der Waals surface area (Å²) in [6.45, 7) is 3.63. The molecule has 8 heteroatoms. The topological polar surface area (TPSA) is 59.1 Å². The molecule has 0 aromatic heterocycles. The van der Waals surface area contributed by atoms with Gasteiger partial charge in [-0.2, -0.15) is 0 Å². The fourth-order valence-corrected chi connectivity index (χ4v) is 2.57. The largest absolute Gasteiger partial charge is 0.465 e. The van der Waals surface area contributed by atoms with Crippen LogP contribution >= 0.6 is 0 Å². The van der Waals surface area contributed by atoms with Crippen LogP contribution in [0.2, 0.25) is 0 Å². The Morgan fingerprint density at radius 2 is 1.96 bits per heavy atom. The fourth-order valence-electron chi connectivity index (χ4n) is 2.57. The van der Waals surface area contributed by atoms with Crippen LogP contribution in [0.15, 0.2) is 36.4 Å². The Morgan fingerprint density at radius 3 is 2.58 bits per heavy atom. The number of methoxy groups -OCH3 is 2. The average Bonchev–Trinajstić information content (AvgIpc) is 2.96. The molecule has 0 aliphatic carbocycles. The van der Waals surface area contributed by atoms with E-state index >= 15 is 0 Å². The minimum atomic E-state index is -0.345. The van der Waals surface area contributed by atoms with Crippen LogP contribution in [0.3, 0.4) is 0 Å². The van der Waals surface area contributed by atoms with Crippen molar-refractivity contribution in [2.24, 2.45) is 0 Å². The third-order valence-corrected chi connectivity index (χ3v) is 3.87. The van der Waals surface area contributed by atoms with Gasteiger partial charge in [0, 0.05) is 76.3 Å². The van der Waals surface area contributed by atoms with Crippen molar-refractivity contribution < 1.29 is 68.7 Å². The minimum Gasteiger partial charge on any atom is -0.465 e. The van der Waals surface area contributed by atoms with Crippen molar-refractivity contribution in [1.29, 1.82) is 0 Å². The molecule has 1 radical (unpaired) electrons. The number of hydrogen-bond acceptors (Lipinski definition) is 5. The van der Waals surface area contributed by atoms with Gasteiger partial charge in [0.1, 0.15) is 0 Å². The molecule has 1 amide bonds. The van der Waals surface area contributed by atoms with Crippen molar-refractivity contribution in [3.63, 3.8) is 0 Å². The van der Waals surface area contributed by atoms with Gasteiger partial charge in [-0.25, -0.2) is 22.0 Å². The number of esters is 1. The zero-order valence-corrected chi connectivity index (χ0v) is 20.6. The van der Waals surface area contributed by atoms with Crippen LogP contribution in [-0.2, 0) is 39.2 Å². The SMILES string of the molecule is CO[CH-]/C=C/CN1CCC(=O)N1CCc1ccc(C(=O)OC)cc1.[U].[V]. The predicted octanol–water partition coefficient (Wildman–Crippen LogP) is 1.83. The molecule has 1 aliphatic heterocycles. The molecule has 26 heavy (non-hydrogen) atoms. The predicted molar refractivity (Wildman–Crippen MR) is 89.8 cm³/mol. The summed E-state index contributed by atoms with van der Waals surface area (Å²) in [5.74, 6) is -0.201. The minimum absolute atomic E-state index is 0. The first kappa shape index (κ1) is 25.3. The van der Waals surface area contributed by atoms with E-state index in [4.69, 9.17) is 4.74 Å². The molecule has 1 fully saturated rings. The maximum Gasteiger partial charge on any atom is 0.337 e. The second-order valence-corrected chi connectivity index (χ2v) is 5.42. The number of carbonyl (C=O) groups is 2. The Balaban J connectivity index is 0.00000312. The van der Waals surface area contributed by atoms with E-state index in [9.17, 15) is 9.59 Å². The molecule has 0 spiro atoms. The molecule has 1 saturated heterocycles. The first-order valence-electron chi connectivity index (χ1n) is 7.89. The second-order valence-electron chi connectivity index (χ2n) is 5.42. The van der Waals surface area contributed by atoms with Crippen molar-refractivity contribution in [1.82, 2.24) is 10.0 Å². The van der Waals surface area contributed by atoms with Gasteiger partial charge in [-0.3, -0.25) is 9.80 Å². The van der Waals surface area contributed by atoms with Crippen molar-refractivity contribution in [3.05, 3.63) is 54.2 Å². The van der Waals surface area contributed by atoms with E-state index in [2.05, 4.69) is 4.74 Å². The Kier molecular flexibility index (Phi) is 13.1. The van der Waals surface area contributed by atoms with Gasteiger partial charge < -0.3 is 9.47 Å². The maximum atomic E-state index is 12.0. The van der Waals surface area contributed by atoms with Crippen LogP contribution in [0.25, 0.3) is 0 Å². The van der Waals surface area contributed by atoms with Crippen LogP contribution in [0.1, 0.15) is 22.3 Å². The molecule has 0 bridgehead atoms. The van der Waals surface area contributed by atoms with Crippen molar-refractivity contribution in [3.8, 4) is 0 Å². The number of carbonyl (C=O) groups excluding carboxylic acids is 2. The molecule has 1 aromatic carbocycles. The average molecular weight is 620 g/mol. The number of ether oxygens (including phenoxy) is 2. The van der Waals surface area contributed by atoms with E-state index in [0.717, 1.165) is 18.5 Å². The van der Waals surface area contributed by atoms with E-state index in [0.29, 0.717) is 25.1 Å². The monoisotopic (exact) mass is 620 g/mol. The normalized spacial score (nSPS) is 14.1. The van der Waals surface area contributed by atoms with E-state index in [1.807, 2.05) is 29.3 Å². The Bertz CT molecular complexity index is 595. The Hall–Kier alpha value is -0.674. The second kappa shape index (κ2) is 13.5. The molecule has 1 aromatic rings. The van der Waals surface area contributed by atoms with Gasteiger partial charge >= 0.3 is 5.97 Å². The maximum absolute atomic E-state index is 12.0. The first-order chi connectivity index (χ1) is 11.7. The Morgan fingerprint density at radius 1 is 1.27 bits per heavy atom. The van der Waals surface area contributed by atoms with Crippen molar-refractivity contribution in [2.75, 3.05) is 33.9 Å². The summed E-state index contributed by atoms with van der Waals surface area (Å²) in [6.07, 6.45) is 5.06. The summed E-state index contributed by atoms with van der Waals surface area (Å²) in [4.78, 5) is 23.5. The van der Waals surface area contributed by atoms with Gasteiger partial charge in [0.05, 0.1) is 12.7 Å². The number of rotatable bonds is 8. The molecule has 0 N–H and O–H groups in total. The van der Waals surface area contributed by atoms with E-state index < -0.39 is 0 Å². The number of benzene rings is 1. The summed E-state index contributed by atoms with van der Waals surface area (Å²) >= 11 is 0. The molecule has 139 valence electrons. The van der Waals surface area contributed by atoms with Gasteiger partial charge in [0.2, 0.25) is 5.91 Å². The smallest absolute Gasteiger partial charge is 0.337 e. The molecule has 6 nitrogen and oxygen atoms in total. The summed E-state index contributed by atoms with van der Waals surface area (Å²) in [5.41, 5.74) is 1.60. The molecule has 1 heterocycles. The van der Waals surface area contributed by atoms with E-state index in [1.165, 1.54) is 7.11 Å². The summed E-state index contributed by atoms with van der Waals surface area (Å²) < 4.78 is 9.53. The van der Waals surface area contributed by atoms with Gasteiger partial charge in [-0.1, -0.05) is 12.1 Å². The first-order valence-corrected chi connectivity index (χ1v) is 7.89. The number of hydrogen-bond donors (Lipinski definition) is 0. The zero-order chi connectivity index (χ0) is 17.4. The van der Waals surface area contributed by atoms with Crippen molar-refractivity contribution >= 4 is 11.9 Å². The molecule has 1 aliphatic rings. The fraction of sp³-hybridized carbons (Fsp3) is 0.389. The molecular formula is C18H23N2O4UV-. The van der Waals surface area contributed by atoms with Gasteiger partial charge in [0.25, 0.3) is 0 Å². The number of hydrazine groups is 1. The van der Waals surface area contributed by atoms with E-state index in [1.54, 1.807) is 30.9 Å². The molecule has 0 saturated carbocycles. The van der Waals surface area contributed by atoms with Crippen LogP contribution in [0.4, 0.5) is 0 Å². The summed E-state index contributed by atoms with van der Waals surface area (Å²) in [7, 11) is 2.96. The standard InChI is InChI=1S/C18H23N2O4.U.V/c1-23-14-4-3-11-19-12-10-17(21)20(19)13-9-15-5-7-16(8-6-15)18(22)24-2;;/h3-8,14H,9-13H2,1-2H3;;/q-1;;/b4-3+;;. The van der Waals surface area contributed by atoms with Crippen LogP contribution in [0.5, 0.6) is 0 Å². The van der Waals surface area contributed by atoms with Gasteiger partial charge in [0.15, 0.2) is 0 Å². The zero-order valence-electron chi connectivity index (χ0n) is 15.1. The van der Waals surface area contributed by atoms with Crippen LogP contribution < -0.4 is 0 Å². The number of amides is 1. The third kappa shape index (κ3) is 7.52. The summed E-state index contributed by atoms with van der Waals surface area (Å²) in [6, 6.07) is 7.28.